The summed E-state index contributed by atoms with van der Waals surface area (Å²) in [4.78, 5) is 16.3. The van der Waals surface area contributed by atoms with Crippen LogP contribution in [0.2, 0.25) is 0 Å². The SMILES string of the molecule is Cl.O=c1c2ccccc2[nH]c2cccc(N(Br)c3ccccc3)c12. The molecule has 3 aromatic carbocycles. The lowest BCUT2D eigenvalue weighted by molar-refractivity contribution is 1.44. The van der Waals surface area contributed by atoms with E-state index in [0.717, 1.165) is 22.4 Å². The van der Waals surface area contributed by atoms with Gasteiger partial charge in [0.2, 0.25) is 0 Å². The first-order valence-electron chi connectivity index (χ1n) is 7.30. The molecule has 1 aromatic heterocycles. The fourth-order valence-electron chi connectivity index (χ4n) is 2.81. The summed E-state index contributed by atoms with van der Waals surface area (Å²) in [5, 5.41) is 1.37. The summed E-state index contributed by atoms with van der Waals surface area (Å²) in [6.45, 7) is 0. The average Bonchev–Trinajstić information content (AvgIpc) is 2.61. The molecule has 0 unspecified atom stereocenters. The second kappa shape index (κ2) is 6.67. The van der Waals surface area contributed by atoms with Crippen molar-refractivity contribution in [1.82, 2.24) is 4.98 Å². The van der Waals surface area contributed by atoms with Crippen LogP contribution >= 0.6 is 28.6 Å². The van der Waals surface area contributed by atoms with Crippen LogP contribution in [0.4, 0.5) is 11.4 Å². The minimum Gasteiger partial charge on any atom is -0.354 e. The number of fused-ring (bicyclic) bond motifs is 2. The van der Waals surface area contributed by atoms with Gasteiger partial charge in [-0.1, -0.05) is 36.4 Å². The number of para-hydroxylation sites is 2. The first kappa shape index (κ1) is 16.6. The Hall–Kier alpha value is -2.30. The zero-order chi connectivity index (χ0) is 15.8. The number of anilines is 2. The van der Waals surface area contributed by atoms with E-state index in [1.54, 1.807) is 0 Å². The molecule has 0 saturated heterocycles. The van der Waals surface area contributed by atoms with E-state index >= 15 is 0 Å². The lowest BCUT2D eigenvalue weighted by Gasteiger charge is -2.18. The Balaban J connectivity index is 0.00000169. The molecular weight excluding hydrogens is 388 g/mol. The van der Waals surface area contributed by atoms with Gasteiger partial charge in [-0.25, -0.2) is 0 Å². The van der Waals surface area contributed by atoms with Crippen LogP contribution < -0.4 is 9.35 Å². The maximum atomic E-state index is 13.0. The molecule has 24 heavy (non-hydrogen) atoms. The van der Waals surface area contributed by atoms with Crippen LogP contribution in [-0.4, -0.2) is 4.98 Å². The summed E-state index contributed by atoms with van der Waals surface area (Å²) < 4.78 is 1.86. The van der Waals surface area contributed by atoms with Crippen molar-refractivity contribution in [3.05, 3.63) is 83.0 Å². The number of rotatable bonds is 2. The van der Waals surface area contributed by atoms with Gasteiger partial charge in [-0.15, -0.1) is 12.4 Å². The summed E-state index contributed by atoms with van der Waals surface area (Å²) in [6, 6.07) is 23.3. The van der Waals surface area contributed by atoms with Crippen molar-refractivity contribution in [2.75, 3.05) is 3.93 Å². The number of nitrogens with zero attached hydrogens (tertiary/aromatic N) is 1. The van der Waals surface area contributed by atoms with E-state index in [2.05, 4.69) is 21.1 Å². The number of nitrogens with one attached hydrogen (secondary N) is 1. The van der Waals surface area contributed by atoms with Crippen LogP contribution in [0.3, 0.4) is 0 Å². The van der Waals surface area contributed by atoms with Crippen molar-refractivity contribution < 1.29 is 0 Å². The fourth-order valence-corrected chi connectivity index (χ4v) is 3.35. The van der Waals surface area contributed by atoms with Crippen molar-refractivity contribution in [2.24, 2.45) is 0 Å². The normalized spacial score (nSPS) is 10.5. The van der Waals surface area contributed by atoms with E-state index in [4.69, 9.17) is 0 Å². The number of hydrogen-bond acceptors (Lipinski definition) is 2. The molecule has 0 atom stereocenters. The fraction of sp³-hybridized carbons (Fsp3) is 0. The molecule has 3 nitrogen and oxygen atoms in total. The highest BCUT2D eigenvalue weighted by Gasteiger charge is 2.14. The number of halogens is 2. The Bertz CT molecular complexity index is 1060. The summed E-state index contributed by atoms with van der Waals surface area (Å²) in [6.07, 6.45) is 0. The molecule has 0 radical (unpaired) electrons. The van der Waals surface area contributed by atoms with Crippen LogP contribution in [0.1, 0.15) is 0 Å². The zero-order valence-corrected chi connectivity index (χ0v) is 15.0. The molecule has 4 aromatic rings. The predicted octanol–water partition coefficient (Wildman–Crippen LogP) is 5.55. The second-order valence-corrected chi connectivity index (χ2v) is 6.03. The van der Waals surface area contributed by atoms with Crippen LogP contribution in [0.15, 0.2) is 77.6 Å². The molecule has 0 amide bonds. The molecule has 1 N–H and O–H groups in total. The van der Waals surface area contributed by atoms with Gasteiger partial charge in [0.1, 0.15) is 0 Å². The first-order valence-corrected chi connectivity index (χ1v) is 8.01. The van der Waals surface area contributed by atoms with Gasteiger partial charge in [-0.3, -0.25) is 8.72 Å². The zero-order valence-electron chi connectivity index (χ0n) is 12.6. The summed E-state index contributed by atoms with van der Waals surface area (Å²) in [7, 11) is 0. The standard InChI is InChI=1S/C19H13BrN2O.ClH/c20-22(13-7-2-1-3-8-13)17-12-6-11-16-18(17)19(23)14-9-4-5-10-15(14)21-16;/h1-12H,(H,21,23);1H. The molecule has 0 aliphatic rings. The molecule has 1 heterocycles. The van der Waals surface area contributed by atoms with Gasteiger partial charge >= 0.3 is 0 Å². The van der Waals surface area contributed by atoms with Crippen LogP contribution in [0.25, 0.3) is 21.8 Å². The maximum Gasteiger partial charge on any atom is 0.199 e. The Morgan fingerprint density at radius 2 is 1.46 bits per heavy atom. The summed E-state index contributed by atoms with van der Waals surface area (Å²) in [5.74, 6) is 0. The van der Waals surface area contributed by atoms with E-state index < -0.39 is 0 Å². The van der Waals surface area contributed by atoms with E-state index in [-0.39, 0.29) is 17.8 Å². The molecule has 0 spiro atoms. The lowest BCUT2D eigenvalue weighted by Crippen LogP contribution is -2.10. The van der Waals surface area contributed by atoms with Crippen LogP contribution in [0.5, 0.6) is 0 Å². The van der Waals surface area contributed by atoms with Gasteiger partial charge in [0, 0.05) is 10.9 Å². The molecule has 0 saturated carbocycles. The van der Waals surface area contributed by atoms with Crippen LogP contribution in [0, 0.1) is 0 Å². The molecular formula is C19H14BrClN2O. The predicted molar refractivity (Wildman–Crippen MR) is 107 cm³/mol. The highest BCUT2D eigenvalue weighted by molar-refractivity contribution is 9.10. The summed E-state index contributed by atoms with van der Waals surface area (Å²) >= 11 is 3.59. The molecule has 5 heteroatoms. The number of aromatic nitrogens is 1. The minimum absolute atomic E-state index is 0. The average molecular weight is 402 g/mol. The van der Waals surface area contributed by atoms with Gasteiger partial charge in [-0.05, 0) is 36.4 Å². The Morgan fingerprint density at radius 3 is 2.25 bits per heavy atom. The minimum atomic E-state index is 0. The van der Waals surface area contributed by atoms with E-state index in [9.17, 15) is 4.79 Å². The topological polar surface area (TPSA) is 36.1 Å². The highest BCUT2D eigenvalue weighted by atomic mass is 79.9. The van der Waals surface area contributed by atoms with E-state index in [1.165, 1.54) is 0 Å². The number of aromatic amines is 1. The third kappa shape index (κ3) is 2.68. The van der Waals surface area contributed by atoms with Crippen LogP contribution in [-0.2, 0) is 0 Å². The molecule has 4 rings (SSSR count). The molecule has 0 aliphatic heterocycles. The number of pyridine rings is 1. The molecule has 120 valence electrons. The van der Waals surface area contributed by atoms with Gasteiger partial charge in [0.25, 0.3) is 0 Å². The third-order valence-corrected chi connectivity index (χ3v) is 4.70. The number of hydrogen-bond donors (Lipinski definition) is 1. The highest BCUT2D eigenvalue weighted by Crippen LogP contribution is 2.33. The number of benzene rings is 3. The maximum absolute atomic E-state index is 13.0. The van der Waals surface area contributed by atoms with Crippen molar-refractivity contribution in [2.45, 2.75) is 0 Å². The van der Waals surface area contributed by atoms with Crippen molar-refractivity contribution in [1.29, 1.82) is 0 Å². The van der Waals surface area contributed by atoms with Gasteiger partial charge in [0.15, 0.2) is 5.43 Å². The van der Waals surface area contributed by atoms with Gasteiger partial charge in [0.05, 0.1) is 38.4 Å². The molecule has 0 aliphatic carbocycles. The van der Waals surface area contributed by atoms with Crippen molar-refractivity contribution in [3.63, 3.8) is 0 Å². The largest absolute Gasteiger partial charge is 0.354 e. The summed E-state index contributed by atoms with van der Waals surface area (Å²) in [5.41, 5.74) is 3.49. The smallest absolute Gasteiger partial charge is 0.199 e. The monoisotopic (exact) mass is 400 g/mol. The lowest BCUT2D eigenvalue weighted by atomic mass is 10.1. The van der Waals surface area contributed by atoms with Crippen molar-refractivity contribution >= 4 is 61.7 Å². The number of H-pyrrole nitrogens is 1. The molecule has 0 bridgehead atoms. The van der Waals surface area contributed by atoms with Gasteiger partial charge < -0.3 is 4.98 Å². The Kier molecular flexibility index (Phi) is 4.60. The Morgan fingerprint density at radius 1 is 0.792 bits per heavy atom. The van der Waals surface area contributed by atoms with E-state index in [0.29, 0.717) is 10.8 Å². The first-order chi connectivity index (χ1) is 11.3. The van der Waals surface area contributed by atoms with Gasteiger partial charge in [-0.2, -0.15) is 0 Å². The second-order valence-electron chi connectivity index (χ2n) is 5.32. The Labute approximate surface area is 153 Å². The third-order valence-electron chi connectivity index (χ3n) is 3.90. The quantitative estimate of drug-likeness (QED) is 0.353. The molecule has 0 fully saturated rings. The van der Waals surface area contributed by atoms with Crippen molar-refractivity contribution in [3.8, 4) is 0 Å². The van der Waals surface area contributed by atoms with E-state index in [1.807, 2.05) is 76.7 Å².